The minimum absolute atomic E-state index is 0.0285. The summed E-state index contributed by atoms with van der Waals surface area (Å²) in [5.41, 5.74) is 2.91. The van der Waals surface area contributed by atoms with E-state index in [1.54, 1.807) is 17.9 Å². The lowest BCUT2D eigenvalue weighted by molar-refractivity contribution is 0.0738. The van der Waals surface area contributed by atoms with Crippen LogP contribution in [0.4, 0.5) is 0 Å². The Hall–Kier alpha value is -2.50. The third-order valence-electron chi connectivity index (χ3n) is 4.45. The van der Waals surface area contributed by atoms with E-state index in [-0.39, 0.29) is 5.91 Å². The van der Waals surface area contributed by atoms with Gasteiger partial charge in [-0.05, 0) is 36.1 Å². The normalized spacial score (nSPS) is 16.3. The van der Waals surface area contributed by atoms with E-state index in [2.05, 4.69) is 17.2 Å². The molecule has 120 valence electrons. The molecule has 0 fully saturated rings. The van der Waals surface area contributed by atoms with Gasteiger partial charge in [0, 0.05) is 19.2 Å². The molecule has 3 heterocycles. The van der Waals surface area contributed by atoms with E-state index < -0.39 is 0 Å². The summed E-state index contributed by atoms with van der Waals surface area (Å²) in [7, 11) is 1.67. The van der Waals surface area contributed by atoms with Gasteiger partial charge in [0.15, 0.2) is 5.69 Å². The standard InChI is InChI=1S/C17H19N3O3/c1-22-14-5-4-13-11-19(6-2-3-12(13)9-14)17(21)15-10-16-20(18-15)7-8-23-16/h4-5,9-10H,2-3,6-8,11H2,1H3. The number of methoxy groups -OCH3 is 1. The summed E-state index contributed by atoms with van der Waals surface area (Å²) >= 11 is 0. The fourth-order valence-electron chi connectivity index (χ4n) is 3.21. The Balaban J connectivity index is 1.57. The van der Waals surface area contributed by atoms with Gasteiger partial charge in [-0.3, -0.25) is 4.79 Å². The van der Waals surface area contributed by atoms with Crippen molar-refractivity contribution in [1.82, 2.24) is 14.7 Å². The molecule has 0 saturated heterocycles. The van der Waals surface area contributed by atoms with Gasteiger partial charge in [-0.2, -0.15) is 5.10 Å². The van der Waals surface area contributed by atoms with Gasteiger partial charge in [0.25, 0.3) is 5.91 Å². The van der Waals surface area contributed by atoms with Crippen molar-refractivity contribution >= 4 is 5.91 Å². The Morgan fingerprint density at radius 2 is 2.17 bits per heavy atom. The lowest BCUT2D eigenvalue weighted by Crippen LogP contribution is -2.31. The number of carbonyl (C=O) groups excluding carboxylic acids is 1. The SMILES string of the molecule is COc1ccc2c(c1)CCCN(C(=O)c1cc3n(n1)CCO3)C2. The van der Waals surface area contributed by atoms with Crippen LogP contribution in [0.1, 0.15) is 28.0 Å². The molecule has 1 amide bonds. The van der Waals surface area contributed by atoms with Crippen molar-refractivity contribution in [2.75, 3.05) is 20.3 Å². The van der Waals surface area contributed by atoms with Crippen LogP contribution in [0, 0.1) is 0 Å². The van der Waals surface area contributed by atoms with Crippen molar-refractivity contribution in [3.63, 3.8) is 0 Å². The first-order chi connectivity index (χ1) is 11.2. The summed E-state index contributed by atoms with van der Waals surface area (Å²) in [6.45, 7) is 2.70. The fourth-order valence-corrected chi connectivity index (χ4v) is 3.21. The minimum atomic E-state index is -0.0285. The van der Waals surface area contributed by atoms with Crippen molar-refractivity contribution in [2.24, 2.45) is 0 Å². The zero-order valence-electron chi connectivity index (χ0n) is 13.1. The number of ether oxygens (including phenoxy) is 2. The van der Waals surface area contributed by atoms with E-state index in [0.29, 0.717) is 31.3 Å². The predicted octanol–water partition coefficient (Wildman–Crippen LogP) is 1.87. The first-order valence-corrected chi connectivity index (χ1v) is 7.90. The van der Waals surface area contributed by atoms with Gasteiger partial charge in [0.2, 0.25) is 5.88 Å². The third kappa shape index (κ3) is 2.54. The predicted molar refractivity (Wildman–Crippen MR) is 83.8 cm³/mol. The zero-order chi connectivity index (χ0) is 15.8. The molecule has 1 aromatic carbocycles. The molecule has 0 spiro atoms. The number of aromatic nitrogens is 2. The van der Waals surface area contributed by atoms with Crippen LogP contribution >= 0.6 is 0 Å². The largest absolute Gasteiger partial charge is 0.497 e. The molecule has 0 saturated carbocycles. The van der Waals surface area contributed by atoms with Gasteiger partial charge in [-0.1, -0.05) is 6.07 Å². The van der Waals surface area contributed by atoms with Crippen LogP contribution < -0.4 is 9.47 Å². The summed E-state index contributed by atoms with van der Waals surface area (Å²) in [4.78, 5) is 14.6. The molecule has 6 nitrogen and oxygen atoms in total. The van der Waals surface area contributed by atoms with Crippen molar-refractivity contribution < 1.29 is 14.3 Å². The smallest absolute Gasteiger partial charge is 0.274 e. The Morgan fingerprint density at radius 1 is 1.26 bits per heavy atom. The van der Waals surface area contributed by atoms with Crippen LogP contribution in [0.25, 0.3) is 0 Å². The molecule has 2 aliphatic rings. The van der Waals surface area contributed by atoms with Crippen LogP contribution in [0.5, 0.6) is 11.6 Å². The molecule has 23 heavy (non-hydrogen) atoms. The van der Waals surface area contributed by atoms with E-state index in [9.17, 15) is 4.79 Å². The first-order valence-electron chi connectivity index (χ1n) is 7.90. The maximum atomic E-state index is 12.8. The van der Waals surface area contributed by atoms with Crippen LogP contribution in [0.3, 0.4) is 0 Å². The average Bonchev–Trinajstić information content (AvgIpc) is 3.09. The molecule has 6 heteroatoms. The molecule has 0 unspecified atom stereocenters. The summed E-state index contributed by atoms with van der Waals surface area (Å²) in [6.07, 6.45) is 1.90. The number of hydrogen-bond donors (Lipinski definition) is 0. The summed E-state index contributed by atoms with van der Waals surface area (Å²) < 4.78 is 12.5. The molecule has 0 aliphatic carbocycles. The highest BCUT2D eigenvalue weighted by Crippen LogP contribution is 2.25. The van der Waals surface area contributed by atoms with Crippen molar-refractivity contribution in [3.05, 3.63) is 41.1 Å². The number of hydrogen-bond acceptors (Lipinski definition) is 4. The molecule has 0 N–H and O–H groups in total. The lowest BCUT2D eigenvalue weighted by Gasteiger charge is -2.20. The Labute approximate surface area is 134 Å². The van der Waals surface area contributed by atoms with E-state index in [1.807, 2.05) is 11.0 Å². The zero-order valence-corrected chi connectivity index (χ0v) is 13.1. The highest BCUT2D eigenvalue weighted by atomic mass is 16.5. The summed E-state index contributed by atoms with van der Waals surface area (Å²) in [5.74, 6) is 1.53. The molecule has 2 aromatic rings. The summed E-state index contributed by atoms with van der Waals surface area (Å²) in [5, 5.41) is 4.36. The monoisotopic (exact) mass is 313 g/mol. The first kappa shape index (κ1) is 14.1. The molecule has 1 aromatic heterocycles. The van der Waals surface area contributed by atoms with Gasteiger partial charge in [0.1, 0.15) is 12.4 Å². The number of nitrogens with zero attached hydrogens (tertiary/aromatic N) is 3. The van der Waals surface area contributed by atoms with Crippen molar-refractivity contribution in [3.8, 4) is 11.6 Å². The second-order valence-electron chi connectivity index (χ2n) is 5.90. The molecule has 0 radical (unpaired) electrons. The molecular weight excluding hydrogens is 294 g/mol. The van der Waals surface area contributed by atoms with Gasteiger partial charge in [-0.15, -0.1) is 0 Å². The molecule has 2 aliphatic heterocycles. The Kier molecular flexibility index (Phi) is 3.44. The maximum absolute atomic E-state index is 12.8. The van der Waals surface area contributed by atoms with Crippen molar-refractivity contribution in [2.45, 2.75) is 25.9 Å². The number of benzene rings is 1. The van der Waals surface area contributed by atoms with E-state index >= 15 is 0 Å². The number of carbonyl (C=O) groups is 1. The number of rotatable bonds is 2. The molecule has 4 rings (SSSR count). The minimum Gasteiger partial charge on any atom is -0.497 e. The van der Waals surface area contributed by atoms with Crippen molar-refractivity contribution in [1.29, 1.82) is 0 Å². The van der Waals surface area contributed by atoms with E-state index in [1.165, 1.54) is 11.1 Å². The quantitative estimate of drug-likeness (QED) is 0.849. The number of amides is 1. The molecule has 0 bridgehead atoms. The highest BCUT2D eigenvalue weighted by molar-refractivity contribution is 5.92. The Morgan fingerprint density at radius 3 is 3.00 bits per heavy atom. The van der Waals surface area contributed by atoms with E-state index in [0.717, 1.165) is 25.1 Å². The maximum Gasteiger partial charge on any atom is 0.274 e. The second kappa shape index (κ2) is 5.61. The summed E-state index contributed by atoms with van der Waals surface area (Å²) in [6, 6.07) is 7.82. The Bertz CT molecular complexity index is 732. The van der Waals surface area contributed by atoms with Gasteiger partial charge < -0.3 is 14.4 Å². The second-order valence-corrected chi connectivity index (χ2v) is 5.90. The van der Waals surface area contributed by atoms with Gasteiger partial charge in [0.05, 0.1) is 13.7 Å². The van der Waals surface area contributed by atoms with Gasteiger partial charge >= 0.3 is 0 Å². The molecular formula is C17H19N3O3. The highest BCUT2D eigenvalue weighted by Gasteiger charge is 2.25. The number of aryl methyl sites for hydroxylation is 1. The van der Waals surface area contributed by atoms with Crippen LogP contribution in [-0.4, -0.2) is 40.8 Å². The fraction of sp³-hybridized carbons (Fsp3) is 0.412. The van der Waals surface area contributed by atoms with E-state index in [4.69, 9.17) is 9.47 Å². The lowest BCUT2D eigenvalue weighted by atomic mass is 10.0. The van der Waals surface area contributed by atoms with Crippen LogP contribution in [0.2, 0.25) is 0 Å². The average molecular weight is 313 g/mol. The number of fused-ring (bicyclic) bond motifs is 2. The van der Waals surface area contributed by atoms with Gasteiger partial charge in [-0.25, -0.2) is 4.68 Å². The topological polar surface area (TPSA) is 56.6 Å². The van der Waals surface area contributed by atoms with Crippen LogP contribution in [-0.2, 0) is 19.5 Å². The third-order valence-corrected chi connectivity index (χ3v) is 4.45. The van der Waals surface area contributed by atoms with Crippen LogP contribution in [0.15, 0.2) is 24.3 Å². The molecule has 0 atom stereocenters.